The minimum Gasteiger partial charge on any atom is -0.0845 e. The maximum atomic E-state index is 5.30. The Hall–Kier alpha value is -0.520. The largest absolute Gasteiger partial charge is 0.0845 e. The van der Waals surface area contributed by atoms with Gasteiger partial charge in [-0.2, -0.15) is 0 Å². The summed E-state index contributed by atoms with van der Waals surface area (Å²) in [5.74, 6) is 0. The van der Waals surface area contributed by atoms with Gasteiger partial charge >= 0.3 is 0 Å². The molecule has 0 aromatic rings. The summed E-state index contributed by atoms with van der Waals surface area (Å²) >= 11 is 0. The lowest BCUT2D eigenvalue weighted by Gasteiger charge is -2.03. The van der Waals surface area contributed by atoms with Crippen LogP contribution in [0.2, 0.25) is 0 Å². The third kappa shape index (κ3) is 21.5. The topological polar surface area (TPSA) is 0 Å². The Kier molecular flexibility index (Phi) is 22.0. The lowest BCUT2D eigenvalue weighted by Crippen LogP contribution is -1.84. The highest BCUT2D eigenvalue weighted by Gasteiger charge is 1.94. The van der Waals surface area contributed by atoms with Gasteiger partial charge in [-0.3, -0.25) is 0 Å². The van der Waals surface area contributed by atoms with Gasteiger partial charge in [0.15, 0.2) is 0 Å². The van der Waals surface area contributed by atoms with Crippen molar-refractivity contribution in [3.8, 4) is 0 Å². The average molecular weight is 334 g/mol. The Morgan fingerprint density at radius 2 is 0.833 bits per heavy atom. The van der Waals surface area contributed by atoms with Crippen LogP contribution in [-0.2, 0) is 0 Å². The van der Waals surface area contributed by atoms with Gasteiger partial charge in [-0.05, 0) is 12.8 Å². The smallest absolute Gasteiger partial charge is 0.0348 e. The molecular formula is C24H45. The van der Waals surface area contributed by atoms with E-state index in [1.807, 2.05) is 6.08 Å². The van der Waals surface area contributed by atoms with E-state index in [0.29, 0.717) is 0 Å². The second kappa shape index (κ2) is 22.5. The van der Waals surface area contributed by atoms with Gasteiger partial charge in [0, 0.05) is 0 Å². The maximum Gasteiger partial charge on any atom is -0.0348 e. The second-order valence-electron chi connectivity index (χ2n) is 7.42. The van der Waals surface area contributed by atoms with E-state index >= 15 is 0 Å². The van der Waals surface area contributed by atoms with Crippen LogP contribution in [0.1, 0.15) is 129 Å². The number of hydrogen-bond acceptors (Lipinski definition) is 0. The molecule has 0 nitrogen and oxygen atoms in total. The number of unbranched alkanes of at least 4 members (excludes halogenated alkanes) is 18. The molecule has 0 amide bonds. The Morgan fingerprint density at radius 3 is 1.17 bits per heavy atom. The molecular weight excluding hydrogens is 288 g/mol. The van der Waals surface area contributed by atoms with Crippen molar-refractivity contribution in [3.05, 3.63) is 24.8 Å². The van der Waals surface area contributed by atoms with Crippen LogP contribution in [0.25, 0.3) is 0 Å². The zero-order valence-electron chi connectivity index (χ0n) is 16.7. The zero-order valence-corrected chi connectivity index (χ0v) is 16.7. The minimum absolute atomic E-state index is 1.19. The summed E-state index contributed by atoms with van der Waals surface area (Å²) in [4.78, 5) is 0. The van der Waals surface area contributed by atoms with Crippen molar-refractivity contribution < 1.29 is 0 Å². The summed E-state index contributed by atoms with van der Waals surface area (Å²) in [5.41, 5.74) is 0. The molecule has 0 rings (SSSR count). The third-order valence-corrected chi connectivity index (χ3v) is 4.97. The van der Waals surface area contributed by atoms with E-state index in [1.165, 1.54) is 122 Å². The van der Waals surface area contributed by atoms with E-state index in [-0.39, 0.29) is 0 Å². The quantitative estimate of drug-likeness (QED) is 0.154. The molecule has 0 fully saturated rings. The van der Waals surface area contributed by atoms with E-state index < -0.39 is 0 Å². The summed E-state index contributed by atoms with van der Waals surface area (Å²) in [6.45, 7) is 7.59. The third-order valence-electron chi connectivity index (χ3n) is 4.97. The highest BCUT2D eigenvalue weighted by molar-refractivity contribution is 4.95. The van der Waals surface area contributed by atoms with Crippen molar-refractivity contribution in [2.45, 2.75) is 129 Å². The lowest BCUT2D eigenvalue weighted by atomic mass is 10.0. The molecule has 0 aromatic heterocycles. The Labute approximate surface area is 154 Å². The van der Waals surface area contributed by atoms with Crippen molar-refractivity contribution in [1.82, 2.24) is 0 Å². The Bertz CT molecular complexity index is 251. The molecule has 24 heavy (non-hydrogen) atoms. The van der Waals surface area contributed by atoms with E-state index in [2.05, 4.69) is 13.0 Å². The first kappa shape index (κ1) is 23.5. The van der Waals surface area contributed by atoms with Gasteiger partial charge in [0.1, 0.15) is 0 Å². The predicted molar refractivity (Wildman–Crippen MR) is 111 cm³/mol. The van der Waals surface area contributed by atoms with Crippen LogP contribution in [-0.4, -0.2) is 0 Å². The van der Waals surface area contributed by atoms with E-state index in [4.69, 9.17) is 6.58 Å². The second-order valence-corrected chi connectivity index (χ2v) is 7.42. The van der Waals surface area contributed by atoms with Gasteiger partial charge in [-0.15, -0.1) is 0 Å². The number of hydrogen-bond donors (Lipinski definition) is 0. The monoisotopic (exact) mass is 333 g/mol. The van der Waals surface area contributed by atoms with Crippen LogP contribution in [0.15, 0.2) is 18.2 Å². The van der Waals surface area contributed by atoms with Crippen LogP contribution >= 0.6 is 0 Å². The van der Waals surface area contributed by atoms with Crippen LogP contribution in [0, 0.1) is 6.58 Å². The first-order chi connectivity index (χ1) is 11.9. The fourth-order valence-electron chi connectivity index (χ4n) is 3.34. The van der Waals surface area contributed by atoms with Crippen LogP contribution in [0.3, 0.4) is 0 Å². The van der Waals surface area contributed by atoms with Gasteiger partial charge in [0.2, 0.25) is 0 Å². The standard InChI is InChI=1S/C24H45/c1-3-5-7-9-11-13-15-17-19-21-23-24-22-20-18-16-14-12-10-8-6-4-2/h1,3,5,7H,4,6,8-24H2,2H3. The molecule has 0 aliphatic rings. The van der Waals surface area contributed by atoms with E-state index in [1.54, 1.807) is 6.08 Å². The van der Waals surface area contributed by atoms with Crippen molar-refractivity contribution in [2.75, 3.05) is 0 Å². The summed E-state index contributed by atoms with van der Waals surface area (Å²) in [6, 6.07) is 0. The summed E-state index contributed by atoms with van der Waals surface area (Å²) in [7, 11) is 0. The SMILES string of the molecule is [CH]=CC=CCCCCCCCCCCCCCCCCCCCC. The first-order valence-corrected chi connectivity index (χ1v) is 11.1. The van der Waals surface area contributed by atoms with Crippen LogP contribution < -0.4 is 0 Å². The number of rotatable bonds is 20. The highest BCUT2D eigenvalue weighted by atomic mass is 14.0. The molecule has 0 bridgehead atoms. The lowest BCUT2D eigenvalue weighted by molar-refractivity contribution is 0.525. The van der Waals surface area contributed by atoms with Gasteiger partial charge in [-0.1, -0.05) is 141 Å². The summed E-state index contributed by atoms with van der Waals surface area (Å²) < 4.78 is 0. The van der Waals surface area contributed by atoms with E-state index in [9.17, 15) is 0 Å². The molecule has 0 N–H and O–H groups in total. The maximum absolute atomic E-state index is 5.30. The summed E-state index contributed by atoms with van der Waals surface area (Å²) in [5, 5.41) is 0. The van der Waals surface area contributed by atoms with Crippen molar-refractivity contribution in [2.24, 2.45) is 0 Å². The molecule has 0 aliphatic heterocycles. The molecule has 0 saturated carbocycles. The average Bonchev–Trinajstić information content (AvgIpc) is 2.60. The normalized spacial score (nSPS) is 11.4. The molecule has 0 aliphatic carbocycles. The Morgan fingerprint density at radius 1 is 0.500 bits per heavy atom. The fraction of sp³-hybridized carbons (Fsp3) is 0.833. The molecule has 0 spiro atoms. The Balaban J connectivity index is 2.98. The molecule has 0 aromatic carbocycles. The van der Waals surface area contributed by atoms with Gasteiger partial charge in [-0.25, -0.2) is 0 Å². The highest BCUT2D eigenvalue weighted by Crippen LogP contribution is 2.14. The fourth-order valence-corrected chi connectivity index (χ4v) is 3.34. The van der Waals surface area contributed by atoms with Gasteiger partial charge in [0.25, 0.3) is 0 Å². The van der Waals surface area contributed by atoms with Gasteiger partial charge < -0.3 is 0 Å². The molecule has 0 heteroatoms. The molecule has 1 radical (unpaired) electrons. The molecule has 141 valence electrons. The van der Waals surface area contributed by atoms with E-state index in [0.717, 1.165) is 0 Å². The van der Waals surface area contributed by atoms with Gasteiger partial charge in [0.05, 0.1) is 0 Å². The molecule has 0 heterocycles. The zero-order chi connectivity index (χ0) is 17.6. The summed E-state index contributed by atoms with van der Waals surface area (Å²) in [6.07, 6.45) is 32.9. The van der Waals surface area contributed by atoms with Crippen molar-refractivity contribution in [3.63, 3.8) is 0 Å². The number of allylic oxidation sites excluding steroid dienone is 3. The minimum atomic E-state index is 1.19. The van der Waals surface area contributed by atoms with Crippen LogP contribution in [0.5, 0.6) is 0 Å². The first-order valence-electron chi connectivity index (χ1n) is 11.1. The molecule has 0 unspecified atom stereocenters. The van der Waals surface area contributed by atoms with Crippen molar-refractivity contribution in [1.29, 1.82) is 0 Å². The van der Waals surface area contributed by atoms with Crippen molar-refractivity contribution >= 4 is 0 Å². The molecule has 0 atom stereocenters. The van der Waals surface area contributed by atoms with Crippen LogP contribution in [0.4, 0.5) is 0 Å². The molecule has 0 saturated heterocycles. The predicted octanol–water partition coefficient (Wildman–Crippen LogP) is 8.96.